The fourth-order valence-electron chi connectivity index (χ4n) is 3.98. The molecular weight excluding hydrogens is 415 g/mol. The maximum Gasteiger partial charge on any atom is 0.410 e. The molecule has 0 atom stereocenters. The van der Waals surface area contributed by atoms with Gasteiger partial charge in [0, 0.05) is 31.1 Å². The SMILES string of the molecule is C=NCC1(COc2cc(F)c(C(=O)OC)cc2C2CC2)CCN(C(=O)OC(C)(C)C)CC1. The van der Waals surface area contributed by atoms with E-state index < -0.39 is 17.4 Å². The lowest BCUT2D eigenvalue weighted by atomic mass is 9.79. The maximum absolute atomic E-state index is 14.6. The van der Waals surface area contributed by atoms with Gasteiger partial charge in [-0.05, 0) is 70.7 Å². The molecule has 2 fully saturated rings. The number of rotatable bonds is 7. The molecule has 2 aliphatic rings. The van der Waals surface area contributed by atoms with Crippen molar-refractivity contribution in [2.45, 2.75) is 58.0 Å². The van der Waals surface area contributed by atoms with Gasteiger partial charge in [0.1, 0.15) is 17.2 Å². The number of carbonyl (C=O) groups is 2. The summed E-state index contributed by atoms with van der Waals surface area (Å²) in [5.41, 5.74) is -0.0927. The second-order valence-corrected chi connectivity index (χ2v) is 9.77. The van der Waals surface area contributed by atoms with Crippen molar-refractivity contribution in [3.05, 3.63) is 29.1 Å². The average molecular weight is 449 g/mol. The number of aliphatic imine (C=N–C) groups is 1. The third-order valence-electron chi connectivity index (χ3n) is 5.98. The summed E-state index contributed by atoms with van der Waals surface area (Å²) in [6.07, 6.45) is 2.98. The standard InChI is InChI=1S/C24H33FN2O5/c1-23(2,3)32-22(29)27-10-8-24(9-11-27,14-26-4)15-31-20-13-19(25)18(21(28)30-5)12-17(20)16-6-7-16/h12-13,16H,4,6-11,14-15H2,1-3,5H3. The molecule has 1 aromatic carbocycles. The van der Waals surface area contributed by atoms with Crippen molar-refractivity contribution in [2.24, 2.45) is 10.4 Å². The Balaban J connectivity index is 1.71. The molecule has 0 aromatic heterocycles. The smallest absolute Gasteiger partial charge is 0.410 e. The molecule has 0 N–H and O–H groups in total. The van der Waals surface area contributed by atoms with Crippen molar-refractivity contribution < 1.29 is 28.2 Å². The van der Waals surface area contributed by atoms with Gasteiger partial charge in [-0.3, -0.25) is 0 Å². The highest BCUT2D eigenvalue weighted by atomic mass is 19.1. The molecule has 1 saturated carbocycles. The molecule has 176 valence electrons. The number of esters is 1. The predicted molar refractivity (Wildman–Crippen MR) is 119 cm³/mol. The molecule has 1 heterocycles. The minimum Gasteiger partial charge on any atom is -0.493 e. The number of piperidine rings is 1. The largest absolute Gasteiger partial charge is 0.493 e. The number of methoxy groups -OCH3 is 1. The number of ether oxygens (including phenoxy) is 3. The Morgan fingerprint density at radius 1 is 1.25 bits per heavy atom. The topological polar surface area (TPSA) is 77.4 Å². The number of carbonyl (C=O) groups excluding carboxylic acids is 2. The number of likely N-dealkylation sites (tertiary alicyclic amines) is 1. The van der Waals surface area contributed by atoms with Crippen LogP contribution in [0, 0.1) is 11.2 Å². The predicted octanol–water partition coefficient (Wildman–Crippen LogP) is 4.59. The van der Waals surface area contributed by atoms with E-state index in [1.807, 2.05) is 20.8 Å². The zero-order valence-corrected chi connectivity index (χ0v) is 19.4. The molecule has 1 aliphatic heterocycles. The number of amides is 1. The lowest BCUT2D eigenvalue weighted by Crippen LogP contribution is -2.48. The van der Waals surface area contributed by atoms with E-state index >= 15 is 0 Å². The van der Waals surface area contributed by atoms with E-state index in [4.69, 9.17) is 14.2 Å². The van der Waals surface area contributed by atoms with E-state index in [1.54, 1.807) is 11.0 Å². The molecule has 3 rings (SSSR count). The first-order valence-electron chi connectivity index (χ1n) is 11.0. The molecule has 8 heteroatoms. The Bertz CT molecular complexity index is 868. The average Bonchev–Trinajstić information content (AvgIpc) is 3.56. The zero-order chi connectivity index (χ0) is 23.5. The van der Waals surface area contributed by atoms with Gasteiger partial charge in [-0.2, -0.15) is 0 Å². The first-order valence-corrected chi connectivity index (χ1v) is 11.0. The lowest BCUT2D eigenvalue weighted by Gasteiger charge is -2.41. The first kappa shape index (κ1) is 24.0. The van der Waals surface area contributed by atoms with E-state index in [9.17, 15) is 14.0 Å². The summed E-state index contributed by atoms with van der Waals surface area (Å²) in [6.45, 7) is 11.0. The van der Waals surface area contributed by atoms with E-state index in [0.717, 1.165) is 18.4 Å². The van der Waals surface area contributed by atoms with E-state index in [2.05, 4.69) is 11.7 Å². The van der Waals surface area contributed by atoms with Crippen molar-refractivity contribution in [1.29, 1.82) is 0 Å². The third kappa shape index (κ3) is 5.78. The van der Waals surface area contributed by atoms with Crippen LogP contribution in [0.5, 0.6) is 5.75 Å². The van der Waals surface area contributed by atoms with Gasteiger partial charge in [-0.15, -0.1) is 0 Å². The summed E-state index contributed by atoms with van der Waals surface area (Å²) in [5, 5.41) is 0. The molecule has 0 radical (unpaired) electrons. The van der Waals surface area contributed by atoms with E-state index in [1.165, 1.54) is 13.2 Å². The summed E-state index contributed by atoms with van der Waals surface area (Å²) in [4.78, 5) is 30.1. The van der Waals surface area contributed by atoms with Gasteiger partial charge in [0.05, 0.1) is 19.3 Å². The van der Waals surface area contributed by atoms with Crippen molar-refractivity contribution in [1.82, 2.24) is 4.90 Å². The highest BCUT2D eigenvalue weighted by molar-refractivity contribution is 5.90. The van der Waals surface area contributed by atoms with Crippen molar-refractivity contribution >= 4 is 18.8 Å². The molecule has 7 nitrogen and oxygen atoms in total. The van der Waals surface area contributed by atoms with Crippen LogP contribution in [0.25, 0.3) is 0 Å². The van der Waals surface area contributed by atoms with E-state index in [0.29, 0.717) is 44.8 Å². The number of hydrogen-bond donors (Lipinski definition) is 0. The number of hydrogen-bond acceptors (Lipinski definition) is 6. The molecule has 1 aliphatic carbocycles. The Morgan fingerprint density at radius 2 is 1.91 bits per heavy atom. The van der Waals surface area contributed by atoms with Crippen LogP contribution in [-0.2, 0) is 9.47 Å². The molecule has 1 saturated heterocycles. The minimum absolute atomic E-state index is 0.0742. The van der Waals surface area contributed by atoms with Crippen molar-refractivity contribution in [2.75, 3.05) is 33.4 Å². The Hall–Kier alpha value is -2.64. The van der Waals surface area contributed by atoms with Crippen LogP contribution in [0.2, 0.25) is 0 Å². The highest BCUT2D eigenvalue weighted by Gasteiger charge is 2.38. The third-order valence-corrected chi connectivity index (χ3v) is 5.98. The van der Waals surface area contributed by atoms with Gasteiger partial charge < -0.3 is 24.1 Å². The molecule has 1 amide bonds. The normalized spacial score (nSPS) is 18.1. The van der Waals surface area contributed by atoms with Gasteiger partial charge in [0.2, 0.25) is 0 Å². The summed E-state index contributed by atoms with van der Waals surface area (Å²) < 4.78 is 30.9. The van der Waals surface area contributed by atoms with Gasteiger partial charge >= 0.3 is 12.1 Å². The monoisotopic (exact) mass is 448 g/mol. The van der Waals surface area contributed by atoms with Gasteiger partial charge in [-0.1, -0.05) is 0 Å². The Labute approximate surface area is 188 Å². The van der Waals surface area contributed by atoms with Crippen LogP contribution in [-0.4, -0.2) is 62.6 Å². The second-order valence-electron chi connectivity index (χ2n) is 9.77. The first-order chi connectivity index (χ1) is 15.1. The molecule has 1 aromatic rings. The number of nitrogens with zero attached hydrogens (tertiary/aromatic N) is 2. The van der Waals surface area contributed by atoms with Gasteiger partial charge in [0.15, 0.2) is 0 Å². The molecular formula is C24H33FN2O5. The molecule has 0 bridgehead atoms. The van der Waals surface area contributed by atoms with E-state index in [-0.39, 0.29) is 23.0 Å². The fourth-order valence-corrected chi connectivity index (χ4v) is 3.98. The van der Waals surface area contributed by atoms with Gasteiger partial charge in [0.25, 0.3) is 0 Å². The number of halogens is 1. The molecule has 0 spiro atoms. The summed E-state index contributed by atoms with van der Waals surface area (Å²) in [6, 6.07) is 2.84. The van der Waals surface area contributed by atoms with Crippen LogP contribution >= 0.6 is 0 Å². The molecule has 32 heavy (non-hydrogen) atoms. The summed E-state index contributed by atoms with van der Waals surface area (Å²) in [5.74, 6) is -0.642. The van der Waals surface area contributed by atoms with Crippen LogP contribution < -0.4 is 4.74 Å². The highest BCUT2D eigenvalue weighted by Crippen LogP contribution is 2.46. The molecule has 0 unspecified atom stereocenters. The minimum atomic E-state index is -0.696. The van der Waals surface area contributed by atoms with Gasteiger partial charge in [-0.25, -0.2) is 14.0 Å². The Kier molecular flexibility index (Phi) is 7.10. The van der Waals surface area contributed by atoms with Crippen LogP contribution in [0.4, 0.5) is 9.18 Å². The van der Waals surface area contributed by atoms with Crippen LogP contribution in [0.3, 0.4) is 0 Å². The van der Waals surface area contributed by atoms with Crippen molar-refractivity contribution in [3.63, 3.8) is 0 Å². The van der Waals surface area contributed by atoms with Crippen LogP contribution in [0.1, 0.15) is 68.3 Å². The maximum atomic E-state index is 14.6. The number of benzene rings is 1. The zero-order valence-electron chi connectivity index (χ0n) is 19.4. The van der Waals surface area contributed by atoms with Crippen LogP contribution in [0.15, 0.2) is 17.1 Å². The Morgan fingerprint density at radius 3 is 2.44 bits per heavy atom. The summed E-state index contributed by atoms with van der Waals surface area (Å²) in [7, 11) is 1.23. The van der Waals surface area contributed by atoms with Crippen molar-refractivity contribution in [3.8, 4) is 5.75 Å². The quantitative estimate of drug-likeness (QED) is 0.451. The summed E-state index contributed by atoms with van der Waals surface area (Å²) >= 11 is 0. The fraction of sp³-hybridized carbons (Fsp3) is 0.625. The lowest BCUT2D eigenvalue weighted by molar-refractivity contribution is 0.00414. The second kappa shape index (κ2) is 9.46.